The summed E-state index contributed by atoms with van der Waals surface area (Å²) in [5.41, 5.74) is 0.120. The molecule has 1 aliphatic carbocycles. The van der Waals surface area contributed by atoms with Crippen LogP contribution in [0.1, 0.15) is 53.1 Å². The van der Waals surface area contributed by atoms with Crippen LogP contribution in [0, 0.1) is 0 Å². The topological polar surface area (TPSA) is 83.6 Å². The van der Waals surface area contributed by atoms with E-state index in [0.717, 1.165) is 56.5 Å². The molecule has 1 aromatic heterocycles. The third-order valence-corrected chi connectivity index (χ3v) is 6.78. The van der Waals surface area contributed by atoms with Crippen molar-refractivity contribution >= 4 is 11.8 Å². The van der Waals surface area contributed by atoms with Gasteiger partial charge >= 0.3 is 6.18 Å². The first kappa shape index (κ1) is 25.0. The van der Waals surface area contributed by atoms with Crippen LogP contribution in [-0.4, -0.2) is 60.5 Å². The van der Waals surface area contributed by atoms with Crippen molar-refractivity contribution in [1.29, 1.82) is 0 Å². The molecule has 2 aliphatic rings. The number of amides is 2. The first-order valence-corrected chi connectivity index (χ1v) is 11.7. The zero-order valence-corrected chi connectivity index (χ0v) is 19.5. The lowest BCUT2D eigenvalue weighted by Crippen LogP contribution is -2.63. The molecular formula is C25H29F3N4O3. The van der Waals surface area contributed by atoms with Gasteiger partial charge in [-0.05, 0) is 55.9 Å². The highest BCUT2D eigenvalue weighted by molar-refractivity contribution is 5.96. The van der Waals surface area contributed by atoms with Gasteiger partial charge in [0.25, 0.3) is 5.91 Å². The molecule has 2 fully saturated rings. The number of ether oxygens (including phenoxy) is 1. The predicted octanol–water partition coefficient (Wildman–Crippen LogP) is 3.37. The molecule has 0 atom stereocenters. The summed E-state index contributed by atoms with van der Waals surface area (Å²) in [5, 5.41) is 5.27. The summed E-state index contributed by atoms with van der Waals surface area (Å²) in [6, 6.07) is 8.62. The minimum Gasteiger partial charge on any atom is -0.481 e. The fourth-order valence-electron chi connectivity index (χ4n) is 4.92. The molecule has 0 radical (unpaired) electrons. The summed E-state index contributed by atoms with van der Waals surface area (Å²) in [7, 11) is 1.64. The van der Waals surface area contributed by atoms with Crippen LogP contribution in [-0.2, 0) is 11.0 Å². The van der Waals surface area contributed by atoms with Crippen LogP contribution >= 0.6 is 0 Å². The van der Waals surface area contributed by atoms with Gasteiger partial charge in [-0.1, -0.05) is 12.1 Å². The van der Waals surface area contributed by atoms with E-state index < -0.39 is 17.6 Å². The molecule has 1 saturated carbocycles. The number of likely N-dealkylation sites (tertiary alicyclic amines) is 1. The van der Waals surface area contributed by atoms with E-state index in [2.05, 4.69) is 26.6 Å². The number of benzene rings is 1. The van der Waals surface area contributed by atoms with Crippen molar-refractivity contribution in [2.75, 3.05) is 26.7 Å². The lowest BCUT2D eigenvalue weighted by atomic mass is 9.80. The quantitative estimate of drug-likeness (QED) is 0.622. The maximum absolute atomic E-state index is 12.8. The molecule has 1 aromatic carbocycles. The molecular weight excluding hydrogens is 461 g/mol. The Kier molecular flexibility index (Phi) is 7.59. The number of methoxy groups -OCH3 is 1. The zero-order chi connectivity index (χ0) is 25.0. The van der Waals surface area contributed by atoms with Gasteiger partial charge in [-0.2, -0.15) is 13.2 Å². The number of carbonyl (C=O) groups excluding carboxylic acids is 2. The van der Waals surface area contributed by atoms with E-state index >= 15 is 0 Å². The largest absolute Gasteiger partial charge is 0.481 e. The Bertz CT molecular complexity index is 1050. The number of nitrogens with one attached hydrogen (secondary N) is 2. The minimum absolute atomic E-state index is 0.00380. The number of carbonyl (C=O) groups is 2. The van der Waals surface area contributed by atoms with Crippen LogP contribution in [0.25, 0.3) is 0 Å². The molecule has 2 heterocycles. The molecule has 7 nitrogen and oxygen atoms in total. The van der Waals surface area contributed by atoms with Crippen molar-refractivity contribution in [1.82, 2.24) is 20.5 Å². The number of rotatable bonds is 7. The Morgan fingerprint density at radius 1 is 1.11 bits per heavy atom. The molecule has 0 spiro atoms. The Morgan fingerprint density at radius 3 is 2.54 bits per heavy atom. The smallest absolute Gasteiger partial charge is 0.416 e. The zero-order valence-electron chi connectivity index (χ0n) is 19.5. The van der Waals surface area contributed by atoms with Gasteiger partial charge in [0.15, 0.2) is 0 Å². The summed E-state index contributed by atoms with van der Waals surface area (Å²) >= 11 is 0. The first-order valence-electron chi connectivity index (χ1n) is 11.7. The van der Waals surface area contributed by atoms with Crippen LogP contribution in [0.3, 0.4) is 0 Å². The Balaban J connectivity index is 1.17. The highest BCUT2D eigenvalue weighted by atomic mass is 19.4. The fraction of sp³-hybridized carbons (Fsp3) is 0.480. The Labute approximate surface area is 202 Å². The average Bonchev–Trinajstić information content (AvgIpc) is 2.84. The highest BCUT2D eigenvalue weighted by Crippen LogP contribution is 2.38. The van der Waals surface area contributed by atoms with Gasteiger partial charge in [0.1, 0.15) is 0 Å². The number of pyridine rings is 1. The number of hydrogen-bond acceptors (Lipinski definition) is 5. The van der Waals surface area contributed by atoms with Crippen LogP contribution in [0.15, 0.2) is 42.6 Å². The summed E-state index contributed by atoms with van der Waals surface area (Å²) in [4.78, 5) is 31.0. The number of alkyl halides is 3. The lowest BCUT2D eigenvalue weighted by molar-refractivity contribution is -0.137. The summed E-state index contributed by atoms with van der Waals surface area (Å²) in [6.45, 7) is 1.21. The average molecular weight is 491 g/mol. The van der Waals surface area contributed by atoms with Gasteiger partial charge in [-0.25, -0.2) is 4.98 Å². The summed E-state index contributed by atoms with van der Waals surface area (Å²) in [5.74, 6) is 0.0563. The SMILES string of the molecule is COc1ncccc1[C@H]1CC[C@@H](N2CC(NC(=O)CNC(=O)c3cccc(C(F)(F)F)c3)C2)CC1. The lowest BCUT2D eigenvalue weighted by Gasteiger charge is -2.46. The Hall–Kier alpha value is -3.14. The maximum Gasteiger partial charge on any atom is 0.416 e. The molecule has 4 rings (SSSR count). The molecule has 0 bridgehead atoms. The summed E-state index contributed by atoms with van der Waals surface area (Å²) < 4.78 is 43.9. The second-order valence-electron chi connectivity index (χ2n) is 9.09. The van der Waals surface area contributed by atoms with E-state index in [0.29, 0.717) is 17.8 Å². The predicted molar refractivity (Wildman–Crippen MR) is 123 cm³/mol. The van der Waals surface area contributed by atoms with E-state index in [4.69, 9.17) is 4.74 Å². The Morgan fingerprint density at radius 2 is 1.86 bits per heavy atom. The van der Waals surface area contributed by atoms with Crippen LogP contribution in [0.4, 0.5) is 13.2 Å². The molecule has 10 heteroatoms. The highest BCUT2D eigenvalue weighted by Gasteiger charge is 2.36. The minimum atomic E-state index is -4.53. The normalized spacial score (nSPS) is 21.1. The van der Waals surface area contributed by atoms with Gasteiger partial charge in [0.05, 0.1) is 25.3 Å². The molecule has 2 aromatic rings. The molecule has 1 saturated heterocycles. The standard InChI is InChI=1S/C25H29F3N4O3/c1-35-24-21(6-3-11-29-24)16-7-9-20(10-8-16)32-14-19(15-32)31-22(33)13-30-23(34)17-4-2-5-18(12-17)25(26,27)28/h2-6,11-12,16,19-20H,7-10,13-15H2,1H3,(H,30,34)(H,31,33)/t16-,20+. The van der Waals surface area contributed by atoms with Crippen molar-refractivity contribution in [3.8, 4) is 5.88 Å². The number of hydrogen-bond donors (Lipinski definition) is 2. The van der Waals surface area contributed by atoms with E-state index in [-0.39, 0.29) is 24.1 Å². The van der Waals surface area contributed by atoms with Crippen molar-refractivity contribution in [2.45, 2.75) is 49.9 Å². The second kappa shape index (κ2) is 10.6. The van der Waals surface area contributed by atoms with Gasteiger partial charge in [0, 0.05) is 36.5 Å². The number of aromatic nitrogens is 1. The number of halogens is 3. The first-order chi connectivity index (χ1) is 16.7. The molecule has 188 valence electrons. The molecule has 1 aliphatic heterocycles. The van der Waals surface area contributed by atoms with Gasteiger partial charge in [0.2, 0.25) is 11.8 Å². The maximum atomic E-state index is 12.8. The van der Waals surface area contributed by atoms with Gasteiger partial charge in [-0.15, -0.1) is 0 Å². The van der Waals surface area contributed by atoms with Crippen molar-refractivity contribution < 1.29 is 27.5 Å². The molecule has 0 unspecified atom stereocenters. The van der Waals surface area contributed by atoms with Gasteiger partial charge < -0.3 is 15.4 Å². The van der Waals surface area contributed by atoms with Crippen molar-refractivity contribution in [3.63, 3.8) is 0 Å². The third kappa shape index (κ3) is 6.11. The van der Waals surface area contributed by atoms with Crippen LogP contribution in [0.5, 0.6) is 5.88 Å². The fourth-order valence-corrected chi connectivity index (χ4v) is 4.92. The summed E-state index contributed by atoms with van der Waals surface area (Å²) in [6.07, 6.45) is 1.45. The monoisotopic (exact) mass is 490 g/mol. The second-order valence-corrected chi connectivity index (χ2v) is 9.09. The van der Waals surface area contributed by atoms with Crippen LogP contribution in [0.2, 0.25) is 0 Å². The van der Waals surface area contributed by atoms with E-state index in [1.807, 2.05) is 6.07 Å². The van der Waals surface area contributed by atoms with Crippen molar-refractivity contribution in [3.05, 3.63) is 59.3 Å². The van der Waals surface area contributed by atoms with E-state index in [1.165, 1.54) is 12.1 Å². The molecule has 35 heavy (non-hydrogen) atoms. The molecule has 2 N–H and O–H groups in total. The van der Waals surface area contributed by atoms with Crippen molar-refractivity contribution in [2.24, 2.45) is 0 Å². The van der Waals surface area contributed by atoms with Crippen LogP contribution < -0.4 is 15.4 Å². The third-order valence-electron chi connectivity index (χ3n) is 6.78. The number of nitrogens with zero attached hydrogens (tertiary/aromatic N) is 2. The van der Waals surface area contributed by atoms with E-state index in [1.54, 1.807) is 13.3 Å². The van der Waals surface area contributed by atoms with E-state index in [9.17, 15) is 22.8 Å². The van der Waals surface area contributed by atoms with Gasteiger partial charge in [-0.3, -0.25) is 14.5 Å². The molecule has 2 amide bonds.